The smallest absolute Gasteiger partial charge is 0.265 e. The van der Waals surface area contributed by atoms with Gasteiger partial charge >= 0.3 is 0 Å². The quantitative estimate of drug-likeness (QED) is 0.786. The summed E-state index contributed by atoms with van der Waals surface area (Å²) in [7, 11) is 3.14. The Morgan fingerprint density at radius 1 is 1.00 bits per heavy atom. The third-order valence-electron chi connectivity index (χ3n) is 3.29. The second kappa shape index (κ2) is 6.07. The highest BCUT2D eigenvalue weighted by Gasteiger charge is 2.12. The van der Waals surface area contributed by atoms with Gasteiger partial charge < -0.3 is 14.8 Å². The molecule has 0 bridgehead atoms. The molecule has 0 aliphatic heterocycles. The van der Waals surface area contributed by atoms with Gasteiger partial charge in [-0.1, -0.05) is 18.2 Å². The van der Waals surface area contributed by atoms with Crippen LogP contribution in [0.25, 0.3) is 10.1 Å². The Kier molecular flexibility index (Phi) is 3.98. The number of benzene rings is 2. The van der Waals surface area contributed by atoms with Crippen LogP contribution in [0.5, 0.6) is 11.5 Å². The van der Waals surface area contributed by atoms with E-state index in [1.807, 2.05) is 30.3 Å². The van der Waals surface area contributed by atoms with Crippen molar-refractivity contribution < 1.29 is 14.3 Å². The Bertz CT molecular complexity index is 793. The zero-order valence-corrected chi connectivity index (χ0v) is 13.1. The monoisotopic (exact) mass is 313 g/mol. The van der Waals surface area contributed by atoms with Crippen LogP contribution in [0.1, 0.15) is 9.67 Å². The molecule has 5 heteroatoms. The zero-order chi connectivity index (χ0) is 15.5. The summed E-state index contributed by atoms with van der Waals surface area (Å²) in [6.45, 7) is 0. The average molecular weight is 313 g/mol. The van der Waals surface area contributed by atoms with Crippen molar-refractivity contribution >= 4 is 33.0 Å². The number of rotatable bonds is 4. The van der Waals surface area contributed by atoms with Crippen molar-refractivity contribution in [1.82, 2.24) is 0 Å². The Hall–Kier alpha value is -2.53. The molecule has 1 amide bonds. The maximum absolute atomic E-state index is 12.4. The lowest BCUT2D eigenvalue weighted by molar-refractivity contribution is 0.103. The van der Waals surface area contributed by atoms with Gasteiger partial charge in [-0.2, -0.15) is 0 Å². The van der Waals surface area contributed by atoms with Crippen molar-refractivity contribution in [2.75, 3.05) is 19.5 Å². The summed E-state index contributed by atoms with van der Waals surface area (Å²) < 4.78 is 11.5. The molecular weight excluding hydrogens is 298 g/mol. The molecule has 0 aliphatic carbocycles. The lowest BCUT2D eigenvalue weighted by atomic mass is 10.2. The fraction of sp³-hybridized carbons (Fsp3) is 0.118. The summed E-state index contributed by atoms with van der Waals surface area (Å²) in [6, 6.07) is 15.1. The van der Waals surface area contributed by atoms with Gasteiger partial charge in [0.15, 0.2) is 11.5 Å². The van der Waals surface area contributed by atoms with E-state index in [0.29, 0.717) is 22.1 Å². The molecule has 0 saturated heterocycles. The Morgan fingerprint density at radius 3 is 2.50 bits per heavy atom. The van der Waals surface area contributed by atoms with Gasteiger partial charge in [-0.15, -0.1) is 11.3 Å². The van der Waals surface area contributed by atoms with Crippen LogP contribution in [0.2, 0.25) is 0 Å². The van der Waals surface area contributed by atoms with E-state index in [4.69, 9.17) is 9.47 Å². The minimum Gasteiger partial charge on any atom is -0.493 e. The largest absolute Gasteiger partial charge is 0.493 e. The second-order valence-electron chi connectivity index (χ2n) is 4.67. The van der Waals surface area contributed by atoms with E-state index in [2.05, 4.69) is 5.32 Å². The number of carbonyl (C=O) groups is 1. The molecule has 112 valence electrons. The first-order chi connectivity index (χ1) is 10.7. The normalized spacial score (nSPS) is 10.5. The number of hydrogen-bond acceptors (Lipinski definition) is 4. The number of anilines is 1. The van der Waals surface area contributed by atoms with Gasteiger partial charge in [0.25, 0.3) is 5.91 Å². The summed E-state index contributed by atoms with van der Waals surface area (Å²) in [5.41, 5.74) is 0.667. The fourth-order valence-corrected chi connectivity index (χ4v) is 3.16. The number of methoxy groups -OCH3 is 2. The maximum atomic E-state index is 12.4. The van der Waals surface area contributed by atoms with E-state index < -0.39 is 0 Å². The van der Waals surface area contributed by atoms with E-state index in [1.165, 1.54) is 11.3 Å². The summed E-state index contributed by atoms with van der Waals surface area (Å²) in [6.07, 6.45) is 0. The molecule has 1 N–H and O–H groups in total. The Balaban J connectivity index is 1.84. The first-order valence-electron chi connectivity index (χ1n) is 6.73. The number of amides is 1. The highest BCUT2D eigenvalue weighted by atomic mass is 32.1. The molecule has 0 fully saturated rings. The van der Waals surface area contributed by atoms with Crippen LogP contribution in [0.3, 0.4) is 0 Å². The fourth-order valence-electron chi connectivity index (χ4n) is 2.20. The van der Waals surface area contributed by atoms with E-state index in [9.17, 15) is 4.79 Å². The van der Waals surface area contributed by atoms with Crippen LogP contribution in [-0.4, -0.2) is 20.1 Å². The number of nitrogens with one attached hydrogen (secondary N) is 1. The predicted octanol–water partition coefficient (Wildman–Crippen LogP) is 4.17. The van der Waals surface area contributed by atoms with Crippen molar-refractivity contribution in [3.63, 3.8) is 0 Å². The van der Waals surface area contributed by atoms with E-state index >= 15 is 0 Å². The van der Waals surface area contributed by atoms with Crippen molar-refractivity contribution in [2.45, 2.75) is 0 Å². The third-order valence-corrected chi connectivity index (χ3v) is 4.41. The van der Waals surface area contributed by atoms with Crippen LogP contribution in [0.4, 0.5) is 5.69 Å². The Morgan fingerprint density at radius 2 is 1.77 bits per heavy atom. The lowest BCUT2D eigenvalue weighted by Crippen LogP contribution is -2.10. The van der Waals surface area contributed by atoms with Gasteiger partial charge in [-0.25, -0.2) is 0 Å². The summed E-state index contributed by atoms with van der Waals surface area (Å²) in [5, 5.41) is 3.96. The zero-order valence-electron chi connectivity index (χ0n) is 12.3. The molecule has 4 nitrogen and oxygen atoms in total. The standard InChI is InChI=1S/C17H15NO3S/c1-20-13-8-7-12(10-14(13)21-2)18-17(19)16-9-11-5-3-4-6-15(11)22-16/h3-10H,1-2H3,(H,18,19). The molecule has 3 rings (SSSR count). The number of ether oxygens (including phenoxy) is 2. The third kappa shape index (κ3) is 2.76. The SMILES string of the molecule is COc1ccc(NC(=O)c2cc3ccccc3s2)cc1OC. The van der Waals surface area contributed by atoms with Gasteiger partial charge in [0, 0.05) is 16.5 Å². The summed E-state index contributed by atoms with van der Waals surface area (Å²) >= 11 is 1.47. The first-order valence-corrected chi connectivity index (χ1v) is 7.55. The van der Waals surface area contributed by atoms with Gasteiger partial charge in [-0.05, 0) is 29.7 Å². The lowest BCUT2D eigenvalue weighted by Gasteiger charge is -2.10. The van der Waals surface area contributed by atoms with Gasteiger partial charge in [0.05, 0.1) is 19.1 Å². The molecule has 0 unspecified atom stereocenters. The van der Waals surface area contributed by atoms with Crippen LogP contribution >= 0.6 is 11.3 Å². The van der Waals surface area contributed by atoms with Gasteiger partial charge in [0.2, 0.25) is 0 Å². The Labute approximate surface area is 132 Å². The highest BCUT2D eigenvalue weighted by molar-refractivity contribution is 7.20. The number of hydrogen-bond donors (Lipinski definition) is 1. The van der Waals surface area contributed by atoms with E-state index in [1.54, 1.807) is 32.4 Å². The van der Waals surface area contributed by atoms with Crippen LogP contribution in [-0.2, 0) is 0 Å². The van der Waals surface area contributed by atoms with Crippen molar-refractivity contribution in [1.29, 1.82) is 0 Å². The van der Waals surface area contributed by atoms with Gasteiger partial charge in [0.1, 0.15) is 0 Å². The molecular formula is C17H15NO3S. The van der Waals surface area contributed by atoms with Crippen LogP contribution < -0.4 is 14.8 Å². The van der Waals surface area contributed by atoms with E-state index in [-0.39, 0.29) is 5.91 Å². The molecule has 1 aromatic heterocycles. The van der Waals surface area contributed by atoms with Crippen LogP contribution in [0, 0.1) is 0 Å². The molecule has 1 heterocycles. The second-order valence-corrected chi connectivity index (χ2v) is 5.76. The van der Waals surface area contributed by atoms with Gasteiger partial charge in [-0.3, -0.25) is 4.79 Å². The van der Waals surface area contributed by atoms with Crippen molar-refractivity contribution in [3.05, 3.63) is 53.4 Å². The molecule has 22 heavy (non-hydrogen) atoms. The number of thiophene rings is 1. The van der Waals surface area contributed by atoms with Crippen molar-refractivity contribution in [2.24, 2.45) is 0 Å². The average Bonchev–Trinajstić information content (AvgIpc) is 2.99. The maximum Gasteiger partial charge on any atom is 0.265 e. The minimum absolute atomic E-state index is 0.131. The molecule has 2 aromatic carbocycles. The number of fused-ring (bicyclic) bond motifs is 1. The van der Waals surface area contributed by atoms with Crippen molar-refractivity contribution in [3.8, 4) is 11.5 Å². The minimum atomic E-state index is -0.131. The first kappa shape index (κ1) is 14.4. The highest BCUT2D eigenvalue weighted by Crippen LogP contribution is 2.31. The molecule has 0 spiro atoms. The molecule has 0 atom stereocenters. The molecule has 0 aliphatic rings. The topological polar surface area (TPSA) is 47.6 Å². The van der Waals surface area contributed by atoms with E-state index in [0.717, 1.165) is 10.1 Å². The van der Waals surface area contributed by atoms with Crippen LogP contribution in [0.15, 0.2) is 48.5 Å². The number of carbonyl (C=O) groups excluding carboxylic acids is 1. The molecule has 3 aromatic rings. The molecule has 0 radical (unpaired) electrons. The summed E-state index contributed by atoms with van der Waals surface area (Å²) in [5.74, 6) is 1.08. The summed E-state index contributed by atoms with van der Waals surface area (Å²) in [4.78, 5) is 13.0. The predicted molar refractivity (Wildman–Crippen MR) is 89.3 cm³/mol. The molecule has 0 saturated carbocycles.